The van der Waals surface area contributed by atoms with E-state index in [4.69, 9.17) is 0 Å². The Kier molecular flexibility index (Phi) is 1.92. The number of carbonyl (C=O) groups is 1. The van der Waals surface area contributed by atoms with E-state index in [1.807, 2.05) is 13.0 Å². The molecule has 0 radical (unpaired) electrons. The molecule has 0 N–H and O–H groups in total. The number of pyridine rings is 1. The predicted molar refractivity (Wildman–Crippen MR) is 49.1 cm³/mol. The van der Waals surface area contributed by atoms with Crippen LogP contribution in [0.3, 0.4) is 0 Å². The minimum absolute atomic E-state index is 0.382. The number of nitrogens with zero attached hydrogens (tertiary/aromatic N) is 3. The molecule has 0 aliphatic rings. The number of fused-ring (bicyclic) bond motifs is 1. The minimum atomic E-state index is -0.382. The number of hydrogen-bond acceptors (Lipinski definition) is 4. The lowest BCUT2D eigenvalue weighted by atomic mass is 10.2. The lowest BCUT2D eigenvalue weighted by Gasteiger charge is -2.05. The zero-order chi connectivity index (χ0) is 10.1. The molecule has 5 heteroatoms. The fraction of sp³-hybridized carbons (Fsp3) is 0.222. The third-order valence-corrected chi connectivity index (χ3v) is 2.05. The van der Waals surface area contributed by atoms with E-state index in [0.717, 1.165) is 5.56 Å². The summed E-state index contributed by atoms with van der Waals surface area (Å²) in [5, 5.41) is 7.57. The van der Waals surface area contributed by atoms with E-state index in [2.05, 4.69) is 14.9 Å². The third-order valence-electron chi connectivity index (χ3n) is 2.05. The van der Waals surface area contributed by atoms with Gasteiger partial charge in [0.25, 0.3) is 0 Å². The molecule has 72 valence electrons. The van der Waals surface area contributed by atoms with Crippen LogP contribution in [0.15, 0.2) is 18.5 Å². The van der Waals surface area contributed by atoms with Crippen molar-refractivity contribution in [2.45, 2.75) is 6.92 Å². The van der Waals surface area contributed by atoms with Gasteiger partial charge in [-0.1, -0.05) is 6.07 Å². The van der Waals surface area contributed by atoms with Crippen molar-refractivity contribution in [1.82, 2.24) is 14.6 Å². The lowest BCUT2D eigenvalue weighted by molar-refractivity contribution is 0.0591. The number of methoxy groups -OCH3 is 1. The first-order chi connectivity index (χ1) is 6.74. The molecule has 2 heterocycles. The zero-order valence-corrected chi connectivity index (χ0v) is 7.89. The minimum Gasteiger partial charge on any atom is -0.464 e. The first-order valence-electron chi connectivity index (χ1n) is 4.11. The summed E-state index contributed by atoms with van der Waals surface area (Å²) in [5.74, 6) is -0.382. The summed E-state index contributed by atoms with van der Waals surface area (Å²) in [5.41, 5.74) is 1.94. The van der Waals surface area contributed by atoms with Crippen LogP contribution in [0.2, 0.25) is 0 Å². The molecule has 5 nitrogen and oxygen atoms in total. The van der Waals surface area contributed by atoms with Gasteiger partial charge in [0.1, 0.15) is 12.0 Å². The fourth-order valence-corrected chi connectivity index (χ4v) is 1.35. The monoisotopic (exact) mass is 191 g/mol. The molecule has 2 aromatic heterocycles. The largest absolute Gasteiger partial charge is 0.464 e. The van der Waals surface area contributed by atoms with Gasteiger partial charge in [0.05, 0.1) is 7.11 Å². The highest BCUT2D eigenvalue weighted by molar-refractivity contribution is 5.89. The average Bonchev–Trinajstić information content (AvgIpc) is 2.64. The molecule has 0 bridgehead atoms. The molecule has 2 aromatic rings. The average molecular weight is 191 g/mol. The van der Waals surface area contributed by atoms with Crippen LogP contribution in [-0.2, 0) is 4.74 Å². The van der Waals surface area contributed by atoms with Crippen molar-refractivity contribution in [1.29, 1.82) is 0 Å². The molecule has 2 rings (SSSR count). The Morgan fingerprint density at radius 2 is 2.29 bits per heavy atom. The summed E-state index contributed by atoms with van der Waals surface area (Å²) in [7, 11) is 1.35. The Bertz CT molecular complexity index is 490. The van der Waals surface area contributed by atoms with Gasteiger partial charge >= 0.3 is 5.97 Å². The highest BCUT2D eigenvalue weighted by Gasteiger charge is 2.13. The number of esters is 1. The van der Waals surface area contributed by atoms with Crippen LogP contribution in [-0.4, -0.2) is 27.7 Å². The van der Waals surface area contributed by atoms with Crippen LogP contribution >= 0.6 is 0 Å². The second kappa shape index (κ2) is 3.10. The SMILES string of the molecule is COC(=O)c1c(C)ccc2nncn12. The predicted octanol–water partition coefficient (Wildman–Crippen LogP) is 0.824. The molecule has 0 aliphatic heterocycles. The summed E-state index contributed by atoms with van der Waals surface area (Å²) in [4.78, 5) is 11.4. The van der Waals surface area contributed by atoms with Crippen molar-refractivity contribution in [3.05, 3.63) is 29.7 Å². The van der Waals surface area contributed by atoms with Gasteiger partial charge in [0.2, 0.25) is 0 Å². The quantitative estimate of drug-likeness (QED) is 0.626. The second-order valence-electron chi connectivity index (χ2n) is 2.92. The number of ether oxygens (including phenoxy) is 1. The van der Waals surface area contributed by atoms with Crippen LogP contribution in [0.1, 0.15) is 16.1 Å². The van der Waals surface area contributed by atoms with Crippen molar-refractivity contribution < 1.29 is 9.53 Å². The molecule has 0 aliphatic carbocycles. The second-order valence-corrected chi connectivity index (χ2v) is 2.92. The van der Waals surface area contributed by atoms with E-state index in [0.29, 0.717) is 11.3 Å². The van der Waals surface area contributed by atoms with E-state index < -0.39 is 0 Å². The Hall–Kier alpha value is -1.91. The third kappa shape index (κ3) is 1.14. The maximum Gasteiger partial charge on any atom is 0.355 e. The zero-order valence-electron chi connectivity index (χ0n) is 7.89. The maximum absolute atomic E-state index is 11.4. The van der Waals surface area contributed by atoms with Gasteiger partial charge in [-0.05, 0) is 18.6 Å². The van der Waals surface area contributed by atoms with E-state index in [1.165, 1.54) is 13.4 Å². The van der Waals surface area contributed by atoms with E-state index in [9.17, 15) is 4.79 Å². The number of carbonyl (C=O) groups excluding carboxylic acids is 1. The maximum atomic E-state index is 11.4. The van der Waals surface area contributed by atoms with E-state index in [1.54, 1.807) is 10.5 Å². The van der Waals surface area contributed by atoms with Gasteiger partial charge in [-0.15, -0.1) is 10.2 Å². The van der Waals surface area contributed by atoms with Gasteiger partial charge in [0, 0.05) is 0 Å². The molecule has 0 amide bonds. The van der Waals surface area contributed by atoms with Crippen molar-refractivity contribution in [2.75, 3.05) is 7.11 Å². The van der Waals surface area contributed by atoms with Crippen molar-refractivity contribution >= 4 is 11.6 Å². The Morgan fingerprint density at radius 1 is 1.50 bits per heavy atom. The lowest BCUT2D eigenvalue weighted by Crippen LogP contribution is -2.09. The summed E-state index contributed by atoms with van der Waals surface area (Å²) < 4.78 is 6.29. The van der Waals surface area contributed by atoms with Crippen LogP contribution < -0.4 is 0 Å². The molecule has 14 heavy (non-hydrogen) atoms. The number of aryl methyl sites for hydroxylation is 1. The Balaban J connectivity index is 2.76. The molecule has 0 spiro atoms. The highest BCUT2D eigenvalue weighted by atomic mass is 16.5. The smallest absolute Gasteiger partial charge is 0.355 e. The van der Waals surface area contributed by atoms with Gasteiger partial charge in [-0.25, -0.2) is 4.79 Å². The highest BCUT2D eigenvalue weighted by Crippen LogP contribution is 2.11. The summed E-state index contributed by atoms with van der Waals surface area (Å²) in [6.45, 7) is 1.84. The Labute approximate surface area is 80.3 Å². The topological polar surface area (TPSA) is 56.5 Å². The standard InChI is InChI=1S/C9H9N3O2/c1-6-3-4-7-11-10-5-12(7)8(6)9(13)14-2/h3-5H,1-2H3. The van der Waals surface area contributed by atoms with Crippen molar-refractivity contribution in [3.8, 4) is 0 Å². The van der Waals surface area contributed by atoms with Crippen molar-refractivity contribution in [3.63, 3.8) is 0 Å². The number of hydrogen-bond donors (Lipinski definition) is 0. The van der Waals surface area contributed by atoms with Crippen LogP contribution in [0.4, 0.5) is 0 Å². The molecule has 0 unspecified atom stereocenters. The summed E-state index contributed by atoms with van der Waals surface area (Å²) >= 11 is 0. The number of rotatable bonds is 1. The molecule has 0 aromatic carbocycles. The molecular formula is C9H9N3O2. The van der Waals surface area contributed by atoms with Crippen molar-refractivity contribution in [2.24, 2.45) is 0 Å². The summed E-state index contributed by atoms with van der Waals surface area (Å²) in [6.07, 6.45) is 1.49. The molecule has 0 fully saturated rings. The van der Waals surface area contributed by atoms with Gasteiger partial charge in [-0.2, -0.15) is 0 Å². The van der Waals surface area contributed by atoms with Crippen LogP contribution in [0.5, 0.6) is 0 Å². The molecule has 0 saturated carbocycles. The first-order valence-corrected chi connectivity index (χ1v) is 4.11. The molecular weight excluding hydrogens is 182 g/mol. The van der Waals surface area contributed by atoms with E-state index in [-0.39, 0.29) is 5.97 Å². The fourth-order valence-electron chi connectivity index (χ4n) is 1.35. The van der Waals surface area contributed by atoms with Gasteiger partial charge in [-0.3, -0.25) is 4.40 Å². The van der Waals surface area contributed by atoms with Crippen LogP contribution in [0.25, 0.3) is 5.65 Å². The van der Waals surface area contributed by atoms with Crippen LogP contribution in [0, 0.1) is 6.92 Å². The molecule has 0 atom stereocenters. The van der Waals surface area contributed by atoms with Gasteiger partial charge < -0.3 is 4.74 Å². The van der Waals surface area contributed by atoms with E-state index >= 15 is 0 Å². The normalized spacial score (nSPS) is 10.4. The Morgan fingerprint density at radius 3 is 3.00 bits per heavy atom. The molecule has 0 saturated heterocycles. The number of aromatic nitrogens is 3. The first kappa shape index (κ1) is 8.68. The summed E-state index contributed by atoms with van der Waals surface area (Å²) in [6, 6.07) is 3.62. The van der Waals surface area contributed by atoms with Gasteiger partial charge in [0.15, 0.2) is 5.65 Å².